The molecule has 1 atom stereocenters. The summed E-state index contributed by atoms with van der Waals surface area (Å²) >= 11 is 1.55. The summed E-state index contributed by atoms with van der Waals surface area (Å²) in [7, 11) is 0. The molecule has 0 heterocycles. The number of amides is 1. The van der Waals surface area contributed by atoms with E-state index in [0.717, 1.165) is 16.3 Å². The standard InChI is InChI=1S/C19H23NO2S/c1-13(2)22-17-9-7-16(8-10-17)20-19(21)15(4)23-18-11-5-14(3)6-12-18/h5-13,15H,1-4H3,(H,20,21)/t15-/m0/s1. The van der Waals surface area contributed by atoms with Crippen LogP contribution in [0.3, 0.4) is 0 Å². The second-order valence-corrected chi connectivity index (χ2v) is 7.17. The predicted octanol–water partition coefficient (Wildman–Crippen LogP) is 4.90. The Morgan fingerprint density at radius 1 is 1.00 bits per heavy atom. The van der Waals surface area contributed by atoms with Crippen LogP contribution in [-0.2, 0) is 4.79 Å². The van der Waals surface area contributed by atoms with Crippen molar-refractivity contribution in [3.8, 4) is 5.75 Å². The highest BCUT2D eigenvalue weighted by Gasteiger charge is 2.14. The SMILES string of the molecule is Cc1ccc(S[C@@H](C)C(=O)Nc2ccc(OC(C)C)cc2)cc1. The van der Waals surface area contributed by atoms with Crippen LogP contribution in [0.15, 0.2) is 53.4 Å². The minimum absolute atomic E-state index is 0.00639. The van der Waals surface area contributed by atoms with E-state index >= 15 is 0 Å². The van der Waals surface area contributed by atoms with E-state index in [1.54, 1.807) is 11.8 Å². The Bertz CT molecular complexity index is 635. The zero-order valence-corrected chi connectivity index (χ0v) is 14.8. The number of rotatable bonds is 6. The maximum absolute atomic E-state index is 12.3. The van der Waals surface area contributed by atoms with Gasteiger partial charge >= 0.3 is 0 Å². The highest BCUT2D eigenvalue weighted by atomic mass is 32.2. The van der Waals surface area contributed by atoms with Gasteiger partial charge in [0.05, 0.1) is 11.4 Å². The minimum Gasteiger partial charge on any atom is -0.491 e. The molecule has 23 heavy (non-hydrogen) atoms. The van der Waals surface area contributed by atoms with E-state index in [-0.39, 0.29) is 17.3 Å². The van der Waals surface area contributed by atoms with E-state index in [0.29, 0.717) is 0 Å². The van der Waals surface area contributed by atoms with Gasteiger partial charge in [-0.3, -0.25) is 4.79 Å². The molecule has 0 aliphatic rings. The van der Waals surface area contributed by atoms with Gasteiger partial charge in [0.2, 0.25) is 5.91 Å². The molecule has 0 fully saturated rings. The summed E-state index contributed by atoms with van der Waals surface area (Å²) < 4.78 is 5.59. The van der Waals surface area contributed by atoms with Crippen LogP contribution in [0.4, 0.5) is 5.69 Å². The molecule has 0 aromatic heterocycles. The number of ether oxygens (including phenoxy) is 1. The van der Waals surface area contributed by atoms with E-state index in [9.17, 15) is 4.79 Å². The zero-order valence-electron chi connectivity index (χ0n) is 14.0. The lowest BCUT2D eigenvalue weighted by Crippen LogP contribution is -2.22. The van der Waals surface area contributed by atoms with Gasteiger partial charge in [-0.05, 0) is 64.1 Å². The van der Waals surface area contributed by atoms with Gasteiger partial charge in [-0.15, -0.1) is 11.8 Å². The van der Waals surface area contributed by atoms with Crippen molar-refractivity contribution in [2.45, 2.75) is 43.9 Å². The lowest BCUT2D eigenvalue weighted by molar-refractivity contribution is -0.115. The lowest BCUT2D eigenvalue weighted by Gasteiger charge is -2.13. The van der Waals surface area contributed by atoms with Crippen molar-refractivity contribution >= 4 is 23.4 Å². The van der Waals surface area contributed by atoms with Crippen LogP contribution < -0.4 is 10.1 Å². The van der Waals surface area contributed by atoms with E-state index in [4.69, 9.17) is 4.74 Å². The summed E-state index contributed by atoms with van der Waals surface area (Å²) in [5.41, 5.74) is 2.00. The Kier molecular flexibility index (Phi) is 6.11. The molecular weight excluding hydrogens is 306 g/mol. The summed E-state index contributed by atoms with van der Waals surface area (Å²) in [6, 6.07) is 15.7. The van der Waals surface area contributed by atoms with E-state index in [1.165, 1.54) is 5.56 Å². The van der Waals surface area contributed by atoms with Crippen LogP contribution >= 0.6 is 11.8 Å². The number of nitrogens with one attached hydrogen (secondary N) is 1. The van der Waals surface area contributed by atoms with Crippen LogP contribution in [0.1, 0.15) is 26.3 Å². The first-order chi connectivity index (χ1) is 10.9. The molecule has 0 radical (unpaired) electrons. The highest BCUT2D eigenvalue weighted by molar-refractivity contribution is 8.00. The summed E-state index contributed by atoms with van der Waals surface area (Å²) in [5.74, 6) is 0.799. The van der Waals surface area contributed by atoms with Gasteiger partial charge in [-0.1, -0.05) is 17.7 Å². The average Bonchev–Trinajstić information content (AvgIpc) is 2.51. The number of hydrogen-bond acceptors (Lipinski definition) is 3. The second kappa shape index (κ2) is 8.06. The number of benzene rings is 2. The molecule has 0 spiro atoms. The zero-order chi connectivity index (χ0) is 16.8. The third kappa shape index (κ3) is 5.64. The topological polar surface area (TPSA) is 38.3 Å². The minimum atomic E-state index is -0.163. The molecule has 0 aliphatic carbocycles. The predicted molar refractivity (Wildman–Crippen MR) is 97.3 cm³/mol. The van der Waals surface area contributed by atoms with Crippen LogP contribution in [0.5, 0.6) is 5.75 Å². The fourth-order valence-electron chi connectivity index (χ4n) is 2.01. The Morgan fingerprint density at radius 3 is 2.17 bits per heavy atom. The first-order valence-corrected chi connectivity index (χ1v) is 8.63. The van der Waals surface area contributed by atoms with Crippen LogP contribution in [-0.4, -0.2) is 17.3 Å². The maximum atomic E-state index is 12.3. The van der Waals surface area contributed by atoms with Crippen molar-refractivity contribution in [3.63, 3.8) is 0 Å². The normalized spacial score (nSPS) is 12.0. The summed E-state index contributed by atoms with van der Waals surface area (Å²) in [6.45, 7) is 7.94. The van der Waals surface area contributed by atoms with Crippen molar-refractivity contribution in [1.82, 2.24) is 0 Å². The molecule has 122 valence electrons. The molecule has 2 aromatic rings. The van der Waals surface area contributed by atoms with Crippen molar-refractivity contribution in [2.75, 3.05) is 5.32 Å². The second-order valence-electron chi connectivity index (χ2n) is 5.75. The molecule has 0 unspecified atom stereocenters. The summed E-state index contributed by atoms with van der Waals surface area (Å²) in [5, 5.41) is 2.78. The summed E-state index contributed by atoms with van der Waals surface area (Å²) in [4.78, 5) is 13.4. The van der Waals surface area contributed by atoms with Crippen molar-refractivity contribution in [3.05, 3.63) is 54.1 Å². The molecule has 1 amide bonds. The monoisotopic (exact) mass is 329 g/mol. The smallest absolute Gasteiger partial charge is 0.237 e. The number of anilines is 1. The van der Waals surface area contributed by atoms with Crippen molar-refractivity contribution in [2.24, 2.45) is 0 Å². The van der Waals surface area contributed by atoms with Crippen LogP contribution in [0.25, 0.3) is 0 Å². The molecular formula is C19H23NO2S. The fraction of sp³-hybridized carbons (Fsp3) is 0.316. The molecule has 1 N–H and O–H groups in total. The van der Waals surface area contributed by atoms with Gasteiger partial charge in [0.25, 0.3) is 0 Å². The molecule has 2 aromatic carbocycles. The first-order valence-electron chi connectivity index (χ1n) is 7.75. The number of carbonyl (C=O) groups is 1. The first kappa shape index (κ1) is 17.4. The third-order valence-corrected chi connectivity index (χ3v) is 4.31. The van der Waals surface area contributed by atoms with Crippen LogP contribution in [0, 0.1) is 6.92 Å². The third-order valence-electron chi connectivity index (χ3n) is 3.20. The maximum Gasteiger partial charge on any atom is 0.237 e. The number of thioether (sulfide) groups is 1. The average molecular weight is 329 g/mol. The molecule has 2 rings (SSSR count). The van der Waals surface area contributed by atoms with E-state index < -0.39 is 0 Å². The quantitative estimate of drug-likeness (QED) is 0.766. The van der Waals surface area contributed by atoms with Gasteiger partial charge in [-0.25, -0.2) is 0 Å². The summed E-state index contributed by atoms with van der Waals surface area (Å²) in [6.07, 6.45) is 0.140. The Balaban J connectivity index is 1.91. The fourth-order valence-corrected chi connectivity index (χ4v) is 2.87. The molecule has 3 nitrogen and oxygen atoms in total. The van der Waals surface area contributed by atoms with Crippen molar-refractivity contribution < 1.29 is 9.53 Å². The Hall–Kier alpha value is -1.94. The number of hydrogen-bond donors (Lipinski definition) is 1. The molecule has 0 aliphatic heterocycles. The number of carbonyl (C=O) groups excluding carboxylic acids is 1. The van der Waals surface area contributed by atoms with E-state index in [2.05, 4.69) is 24.4 Å². The van der Waals surface area contributed by atoms with Crippen molar-refractivity contribution in [1.29, 1.82) is 0 Å². The highest BCUT2D eigenvalue weighted by Crippen LogP contribution is 2.25. The largest absolute Gasteiger partial charge is 0.491 e. The van der Waals surface area contributed by atoms with Gasteiger partial charge in [0, 0.05) is 10.6 Å². The molecule has 4 heteroatoms. The van der Waals surface area contributed by atoms with Gasteiger partial charge in [0.1, 0.15) is 5.75 Å². The van der Waals surface area contributed by atoms with Gasteiger partial charge < -0.3 is 10.1 Å². The van der Waals surface area contributed by atoms with Gasteiger partial charge in [0.15, 0.2) is 0 Å². The van der Waals surface area contributed by atoms with E-state index in [1.807, 2.05) is 57.2 Å². The Labute approximate surface area is 142 Å². The molecule has 0 bridgehead atoms. The molecule has 0 saturated heterocycles. The molecule has 0 saturated carbocycles. The van der Waals surface area contributed by atoms with Gasteiger partial charge in [-0.2, -0.15) is 0 Å². The number of aryl methyl sites for hydroxylation is 1. The van der Waals surface area contributed by atoms with Crippen LogP contribution in [0.2, 0.25) is 0 Å². The lowest BCUT2D eigenvalue weighted by atomic mass is 10.2. The Morgan fingerprint density at radius 2 is 1.61 bits per heavy atom.